The number of rotatable bonds is 5. The van der Waals surface area contributed by atoms with Crippen molar-refractivity contribution in [3.63, 3.8) is 0 Å². The van der Waals surface area contributed by atoms with E-state index in [0.29, 0.717) is 28.1 Å². The Morgan fingerprint density at radius 3 is 1.72 bits per heavy atom. The Labute approximate surface area is 278 Å². The lowest BCUT2D eigenvalue weighted by Crippen LogP contribution is -2.00. The third kappa shape index (κ3) is 4.43. The Morgan fingerprint density at radius 1 is 0.500 bits per heavy atom. The van der Waals surface area contributed by atoms with E-state index in [1.165, 1.54) is 0 Å². The SMILES string of the molecule is [2H]c1c([2H])c([2H])c(-c2nc(-c3ccc4oc(-c5cccc(-n6c7ccccc7c7ccccc76)c5)nc4c3)nc(-c3c([2H])c([2H])c([2H])c([2H])c3[2H])n2)c([2H])c1[2H]. The van der Waals surface area contributed by atoms with Gasteiger partial charge in [0.15, 0.2) is 23.1 Å². The molecule has 6 nitrogen and oxygen atoms in total. The fourth-order valence-electron chi connectivity index (χ4n) is 5.62. The van der Waals surface area contributed by atoms with Crippen LogP contribution in [0.25, 0.3) is 84.2 Å². The molecular formula is C40H25N5O. The third-order valence-corrected chi connectivity index (χ3v) is 7.66. The molecule has 3 aromatic heterocycles. The van der Waals surface area contributed by atoms with Crippen LogP contribution in [0.1, 0.15) is 13.7 Å². The lowest BCUT2D eigenvalue weighted by molar-refractivity contribution is 0.620. The quantitative estimate of drug-likeness (QED) is 0.196. The maximum absolute atomic E-state index is 8.58. The lowest BCUT2D eigenvalue weighted by atomic mass is 10.1. The molecule has 0 N–H and O–H groups in total. The summed E-state index contributed by atoms with van der Waals surface area (Å²) in [6, 6.07) is 23.2. The summed E-state index contributed by atoms with van der Waals surface area (Å²) in [7, 11) is 0. The number of fused-ring (bicyclic) bond motifs is 4. The minimum atomic E-state index is -0.619. The van der Waals surface area contributed by atoms with E-state index in [1.54, 1.807) is 18.2 Å². The molecule has 3 heterocycles. The lowest BCUT2D eigenvalue weighted by Gasteiger charge is -2.08. The Kier molecular flexibility index (Phi) is 4.12. The van der Waals surface area contributed by atoms with Crippen molar-refractivity contribution in [3.8, 4) is 51.3 Å². The molecule has 6 aromatic carbocycles. The second-order valence-electron chi connectivity index (χ2n) is 10.4. The number of benzene rings is 6. The molecule has 0 aliphatic rings. The van der Waals surface area contributed by atoms with Gasteiger partial charge >= 0.3 is 0 Å². The minimum absolute atomic E-state index is 0.0663. The summed E-state index contributed by atoms with van der Waals surface area (Å²) in [5.41, 5.74) is 4.25. The van der Waals surface area contributed by atoms with Crippen molar-refractivity contribution in [2.45, 2.75) is 0 Å². The van der Waals surface area contributed by atoms with Gasteiger partial charge in [-0.25, -0.2) is 19.9 Å². The zero-order chi connectivity index (χ0) is 39.2. The Morgan fingerprint density at radius 2 is 1.09 bits per heavy atom. The molecule has 0 radical (unpaired) electrons. The minimum Gasteiger partial charge on any atom is -0.436 e. The first kappa shape index (κ1) is 17.8. The van der Waals surface area contributed by atoms with E-state index in [1.807, 2.05) is 48.5 Å². The van der Waals surface area contributed by atoms with E-state index in [2.05, 4.69) is 43.8 Å². The summed E-state index contributed by atoms with van der Waals surface area (Å²) < 4.78 is 91.8. The average molecular weight is 602 g/mol. The third-order valence-electron chi connectivity index (χ3n) is 7.66. The van der Waals surface area contributed by atoms with Gasteiger partial charge in [-0.2, -0.15) is 0 Å². The molecule has 216 valence electrons. The van der Waals surface area contributed by atoms with Crippen LogP contribution in [0.3, 0.4) is 0 Å². The van der Waals surface area contributed by atoms with E-state index < -0.39 is 60.4 Å². The van der Waals surface area contributed by atoms with Crippen LogP contribution < -0.4 is 0 Å². The number of nitrogens with zero attached hydrogens (tertiary/aromatic N) is 5. The Hall–Kier alpha value is -6.40. The number of para-hydroxylation sites is 2. The summed E-state index contributed by atoms with van der Waals surface area (Å²) in [4.78, 5) is 18.2. The van der Waals surface area contributed by atoms with Crippen molar-refractivity contribution in [2.75, 3.05) is 0 Å². The molecule has 6 heteroatoms. The van der Waals surface area contributed by atoms with Crippen molar-refractivity contribution >= 4 is 32.9 Å². The predicted octanol–water partition coefficient (Wildman–Crippen LogP) is 9.78. The molecule has 0 fully saturated rings. The van der Waals surface area contributed by atoms with Crippen LogP contribution in [0, 0.1) is 0 Å². The normalized spacial score (nSPS) is 14.5. The van der Waals surface area contributed by atoms with Gasteiger partial charge in [0.2, 0.25) is 5.89 Å². The zero-order valence-electron chi connectivity index (χ0n) is 33.8. The zero-order valence-corrected chi connectivity index (χ0v) is 23.8. The van der Waals surface area contributed by atoms with Crippen molar-refractivity contribution in [1.29, 1.82) is 0 Å². The topological polar surface area (TPSA) is 69.6 Å². The van der Waals surface area contributed by atoms with E-state index in [0.717, 1.165) is 27.5 Å². The molecule has 0 saturated carbocycles. The van der Waals surface area contributed by atoms with Crippen LogP contribution in [-0.2, 0) is 0 Å². The monoisotopic (exact) mass is 601 g/mol. The average Bonchev–Trinajstić information content (AvgIpc) is 3.80. The number of aromatic nitrogens is 5. The summed E-state index contributed by atoms with van der Waals surface area (Å²) in [6.45, 7) is 0. The largest absolute Gasteiger partial charge is 0.436 e. The molecule has 9 aromatic rings. The molecule has 0 unspecified atom stereocenters. The van der Waals surface area contributed by atoms with Gasteiger partial charge in [-0.3, -0.25) is 0 Å². The molecule has 9 rings (SSSR count). The first-order valence-corrected chi connectivity index (χ1v) is 14.3. The smallest absolute Gasteiger partial charge is 0.227 e. The van der Waals surface area contributed by atoms with Gasteiger partial charge in [0.1, 0.15) is 5.52 Å². The standard InChI is InChI=1S/C40H25N5O/c1-3-12-26(13-4-1)37-42-38(27-14-5-2-6-15-27)44-39(43-37)28-22-23-36-33(25-28)41-40(46-36)29-16-11-17-30(24-29)45-34-20-9-7-18-31(34)32-19-8-10-21-35(32)45/h1-25H/i1D,2D,3D,4D,5D,6D,12D,13D,14D,15D. The van der Waals surface area contributed by atoms with E-state index in [4.69, 9.17) is 23.1 Å². The summed E-state index contributed by atoms with van der Waals surface area (Å²) in [6.07, 6.45) is 0. The maximum Gasteiger partial charge on any atom is 0.227 e. The van der Waals surface area contributed by atoms with Crippen LogP contribution in [0.4, 0.5) is 0 Å². The van der Waals surface area contributed by atoms with Crippen molar-refractivity contribution in [3.05, 3.63) is 151 Å². The number of hydrogen-bond donors (Lipinski definition) is 0. The molecular weight excluding hydrogens is 566 g/mol. The Bertz CT molecular complexity index is 2930. The highest BCUT2D eigenvalue weighted by Crippen LogP contribution is 2.34. The van der Waals surface area contributed by atoms with Crippen LogP contribution in [0.2, 0.25) is 0 Å². The van der Waals surface area contributed by atoms with Crippen molar-refractivity contribution < 1.29 is 18.1 Å². The fourth-order valence-corrected chi connectivity index (χ4v) is 5.62. The number of hydrogen-bond acceptors (Lipinski definition) is 5. The first-order chi connectivity index (χ1) is 26.9. The second-order valence-corrected chi connectivity index (χ2v) is 10.4. The van der Waals surface area contributed by atoms with Crippen molar-refractivity contribution in [2.24, 2.45) is 0 Å². The van der Waals surface area contributed by atoms with E-state index in [-0.39, 0.29) is 28.6 Å². The Balaban J connectivity index is 1.20. The maximum atomic E-state index is 8.58. The van der Waals surface area contributed by atoms with E-state index >= 15 is 0 Å². The fraction of sp³-hybridized carbons (Fsp3) is 0. The van der Waals surface area contributed by atoms with E-state index in [9.17, 15) is 0 Å². The predicted molar refractivity (Wildman–Crippen MR) is 183 cm³/mol. The van der Waals surface area contributed by atoms with Gasteiger partial charge in [-0.15, -0.1) is 0 Å². The molecule has 0 bridgehead atoms. The van der Waals surface area contributed by atoms with Gasteiger partial charge in [-0.1, -0.05) is 103 Å². The highest BCUT2D eigenvalue weighted by Gasteiger charge is 2.16. The molecule has 46 heavy (non-hydrogen) atoms. The van der Waals surface area contributed by atoms with Crippen LogP contribution in [0.15, 0.2) is 156 Å². The molecule has 0 aliphatic heterocycles. The van der Waals surface area contributed by atoms with Gasteiger partial charge in [0, 0.05) is 38.7 Å². The molecule has 0 atom stereocenters. The van der Waals surface area contributed by atoms with Crippen LogP contribution >= 0.6 is 0 Å². The molecule has 0 aliphatic carbocycles. The van der Waals surface area contributed by atoms with Gasteiger partial charge in [0.05, 0.1) is 24.7 Å². The molecule has 0 spiro atoms. The second kappa shape index (κ2) is 10.6. The van der Waals surface area contributed by atoms with Crippen LogP contribution in [0.5, 0.6) is 0 Å². The van der Waals surface area contributed by atoms with Crippen LogP contribution in [-0.4, -0.2) is 24.5 Å². The highest BCUT2D eigenvalue weighted by molar-refractivity contribution is 6.09. The highest BCUT2D eigenvalue weighted by atomic mass is 16.3. The number of oxazole rings is 1. The van der Waals surface area contributed by atoms with Crippen molar-refractivity contribution in [1.82, 2.24) is 24.5 Å². The molecule has 0 amide bonds. The summed E-state index contributed by atoms with van der Waals surface area (Å²) in [5.74, 6) is -0.424. The van der Waals surface area contributed by atoms with Gasteiger partial charge in [-0.05, 0) is 48.5 Å². The van der Waals surface area contributed by atoms with Gasteiger partial charge in [0.25, 0.3) is 0 Å². The first-order valence-electron chi connectivity index (χ1n) is 19.3. The van der Waals surface area contributed by atoms with Gasteiger partial charge < -0.3 is 8.98 Å². The summed E-state index contributed by atoms with van der Waals surface area (Å²) in [5, 5.41) is 2.26. The molecule has 0 saturated heterocycles. The summed E-state index contributed by atoms with van der Waals surface area (Å²) >= 11 is 0.